The number of ether oxygens (including phenoxy) is 1. The van der Waals surface area contributed by atoms with Gasteiger partial charge in [0.15, 0.2) is 0 Å². The number of anilines is 2. The quantitative estimate of drug-likeness (QED) is 0.650. The molecule has 1 heterocycles. The van der Waals surface area contributed by atoms with Crippen LogP contribution in [0, 0.1) is 0 Å². The molecule has 33 heavy (non-hydrogen) atoms. The molecule has 0 atom stereocenters. The zero-order chi connectivity index (χ0) is 23.4. The number of carbonyl (C=O) groups excluding carboxylic acids is 3. The molecule has 0 radical (unpaired) electrons. The number of hydrogen-bond donors (Lipinski definition) is 2. The standard InChI is InChI=1S/C23H24F2N4O4/c24-23(25)33-17-9-7-15(8-10-17)26-19-4-2-1-3-18(19)21(31)28-11-13-29(14-12-28)22(32)20(30)27-16-5-6-16/h1-4,7-10,16,23,26H,5-6,11-14H2,(H,27,30). The lowest BCUT2D eigenvalue weighted by Gasteiger charge is -2.34. The first-order chi connectivity index (χ1) is 15.9. The highest BCUT2D eigenvalue weighted by atomic mass is 19.3. The average molecular weight is 458 g/mol. The van der Waals surface area contributed by atoms with E-state index in [1.165, 1.54) is 17.0 Å². The van der Waals surface area contributed by atoms with Crippen molar-refractivity contribution >= 4 is 29.1 Å². The molecule has 0 spiro atoms. The Bertz CT molecular complexity index is 1020. The number of para-hydroxylation sites is 1. The topological polar surface area (TPSA) is 91.0 Å². The van der Waals surface area contributed by atoms with Crippen molar-refractivity contribution in [3.63, 3.8) is 0 Å². The van der Waals surface area contributed by atoms with Gasteiger partial charge in [-0.3, -0.25) is 14.4 Å². The fourth-order valence-electron chi connectivity index (χ4n) is 3.56. The number of nitrogens with zero attached hydrogens (tertiary/aromatic N) is 2. The van der Waals surface area contributed by atoms with Gasteiger partial charge in [-0.05, 0) is 49.2 Å². The highest BCUT2D eigenvalue weighted by molar-refractivity contribution is 6.35. The first kappa shape index (κ1) is 22.5. The number of halogens is 2. The number of hydrogen-bond acceptors (Lipinski definition) is 5. The van der Waals surface area contributed by atoms with Crippen LogP contribution in [0.5, 0.6) is 5.75 Å². The molecule has 0 aromatic heterocycles. The molecular formula is C23H24F2N4O4. The third-order valence-corrected chi connectivity index (χ3v) is 5.48. The van der Waals surface area contributed by atoms with Crippen LogP contribution in [0.1, 0.15) is 23.2 Å². The molecule has 2 fully saturated rings. The van der Waals surface area contributed by atoms with Gasteiger partial charge in [-0.2, -0.15) is 8.78 Å². The fraction of sp³-hybridized carbons (Fsp3) is 0.348. The maximum atomic E-state index is 13.2. The highest BCUT2D eigenvalue weighted by Crippen LogP contribution is 2.25. The summed E-state index contributed by atoms with van der Waals surface area (Å²) in [5.41, 5.74) is 1.61. The second-order valence-electron chi connectivity index (χ2n) is 7.91. The van der Waals surface area contributed by atoms with Crippen molar-refractivity contribution in [1.82, 2.24) is 15.1 Å². The minimum atomic E-state index is -2.90. The Morgan fingerprint density at radius 3 is 2.18 bits per heavy atom. The number of benzene rings is 2. The monoisotopic (exact) mass is 458 g/mol. The molecule has 2 aliphatic rings. The molecule has 1 saturated heterocycles. The summed E-state index contributed by atoms with van der Waals surface area (Å²) in [6.45, 7) is -1.70. The smallest absolute Gasteiger partial charge is 0.387 e. The van der Waals surface area contributed by atoms with Crippen molar-refractivity contribution in [1.29, 1.82) is 0 Å². The largest absolute Gasteiger partial charge is 0.435 e. The van der Waals surface area contributed by atoms with Gasteiger partial charge in [0.25, 0.3) is 5.91 Å². The number of carbonyl (C=O) groups is 3. The molecule has 3 amide bonds. The van der Waals surface area contributed by atoms with E-state index in [4.69, 9.17) is 0 Å². The molecule has 4 rings (SSSR count). The molecule has 10 heteroatoms. The number of rotatable bonds is 6. The van der Waals surface area contributed by atoms with Crippen LogP contribution in [0.4, 0.5) is 20.2 Å². The van der Waals surface area contributed by atoms with Crippen LogP contribution in [-0.4, -0.2) is 66.4 Å². The Balaban J connectivity index is 1.37. The molecule has 1 saturated carbocycles. The summed E-state index contributed by atoms with van der Waals surface area (Å²) >= 11 is 0. The summed E-state index contributed by atoms with van der Waals surface area (Å²) in [6.07, 6.45) is 1.81. The zero-order valence-electron chi connectivity index (χ0n) is 17.8. The SMILES string of the molecule is O=C(NC1CC1)C(=O)N1CCN(C(=O)c2ccccc2Nc2ccc(OC(F)F)cc2)CC1. The van der Waals surface area contributed by atoms with E-state index in [1.807, 2.05) is 0 Å². The Morgan fingerprint density at radius 1 is 0.909 bits per heavy atom. The van der Waals surface area contributed by atoms with Gasteiger partial charge in [0.05, 0.1) is 11.3 Å². The molecule has 174 valence electrons. The summed E-state index contributed by atoms with van der Waals surface area (Å²) in [5, 5.41) is 5.82. The molecule has 0 bridgehead atoms. The van der Waals surface area contributed by atoms with E-state index in [0.29, 0.717) is 30.0 Å². The Kier molecular flexibility index (Phi) is 6.71. The fourth-order valence-corrected chi connectivity index (χ4v) is 3.56. The average Bonchev–Trinajstić information content (AvgIpc) is 3.63. The van der Waals surface area contributed by atoms with Gasteiger partial charge in [0.2, 0.25) is 0 Å². The van der Waals surface area contributed by atoms with Gasteiger partial charge in [-0.25, -0.2) is 0 Å². The summed E-state index contributed by atoms with van der Waals surface area (Å²) in [7, 11) is 0. The Morgan fingerprint density at radius 2 is 1.55 bits per heavy atom. The zero-order valence-corrected chi connectivity index (χ0v) is 17.8. The van der Waals surface area contributed by atoms with E-state index in [9.17, 15) is 23.2 Å². The van der Waals surface area contributed by atoms with E-state index in [1.54, 1.807) is 41.3 Å². The summed E-state index contributed by atoms with van der Waals surface area (Å²) < 4.78 is 29.0. The minimum Gasteiger partial charge on any atom is -0.435 e. The van der Waals surface area contributed by atoms with E-state index >= 15 is 0 Å². The predicted molar refractivity (Wildman–Crippen MR) is 116 cm³/mol. The number of nitrogens with one attached hydrogen (secondary N) is 2. The number of piperazine rings is 1. The van der Waals surface area contributed by atoms with Crippen LogP contribution < -0.4 is 15.4 Å². The van der Waals surface area contributed by atoms with Crippen molar-refractivity contribution in [2.75, 3.05) is 31.5 Å². The number of amides is 3. The van der Waals surface area contributed by atoms with Crippen LogP contribution >= 0.6 is 0 Å². The van der Waals surface area contributed by atoms with Gasteiger partial charge < -0.3 is 25.2 Å². The molecule has 8 nitrogen and oxygen atoms in total. The van der Waals surface area contributed by atoms with Gasteiger partial charge in [0, 0.05) is 37.9 Å². The molecule has 2 aromatic carbocycles. The van der Waals surface area contributed by atoms with Crippen molar-refractivity contribution < 1.29 is 27.9 Å². The van der Waals surface area contributed by atoms with E-state index in [0.717, 1.165) is 12.8 Å². The Labute approximate surface area is 189 Å². The van der Waals surface area contributed by atoms with E-state index in [2.05, 4.69) is 15.4 Å². The highest BCUT2D eigenvalue weighted by Gasteiger charge is 2.32. The van der Waals surface area contributed by atoms with Gasteiger partial charge in [-0.15, -0.1) is 0 Å². The third-order valence-electron chi connectivity index (χ3n) is 5.48. The minimum absolute atomic E-state index is 0.0399. The van der Waals surface area contributed by atoms with Crippen molar-refractivity contribution in [3.8, 4) is 5.75 Å². The molecule has 2 N–H and O–H groups in total. The van der Waals surface area contributed by atoms with Crippen LogP contribution in [-0.2, 0) is 9.59 Å². The van der Waals surface area contributed by atoms with Gasteiger partial charge >= 0.3 is 18.4 Å². The van der Waals surface area contributed by atoms with Crippen LogP contribution in [0.2, 0.25) is 0 Å². The maximum Gasteiger partial charge on any atom is 0.387 e. The lowest BCUT2D eigenvalue weighted by molar-refractivity contribution is -0.146. The molecule has 0 unspecified atom stereocenters. The molecule has 2 aromatic rings. The lowest BCUT2D eigenvalue weighted by Crippen LogP contribution is -2.54. The normalized spacial score (nSPS) is 15.8. The van der Waals surface area contributed by atoms with Crippen molar-refractivity contribution in [2.24, 2.45) is 0 Å². The first-order valence-corrected chi connectivity index (χ1v) is 10.7. The lowest BCUT2D eigenvalue weighted by atomic mass is 10.1. The van der Waals surface area contributed by atoms with Crippen LogP contribution in [0.15, 0.2) is 48.5 Å². The number of alkyl halides is 2. The maximum absolute atomic E-state index is 13.2. The molecular weight excluding hydrogens is 434 g/mol. The van der Waals surface area contributed by atoms with Crippen molar-refractivity contribution in [3.05, 3.63) is 54.1 Å². The van der Waals surface area contributed by atoms with Gasteiger partial charge in [-0.1, -0.05) is 12.1 Å². The summed E-state index contributed by atoms with van der Waals surface area (Å²) in [6, 6.07) is 13.1. The second kappa shape index (κ2) is 9.85. The molecule has 1 aliphatic heterocycles. The second-order valence-corrected chi connectivity index (χ2v) is 7.91. The Hall–Kier alpha value is -3.69. The van der Waals surface area contributed by atoms with Gasteiger partial charge in [0.1, 0.15) is 5.75 Å². The van der Waals surface area contributed by atoms with Crippen LogP contribution in [0.3, 0.4) is 0 Å². The first-order valence-electron chi connectivity index (χ1n) is 10.7. The summed E-state index contributed by atoms with van der Waals surface area (Å²) in [4.78, 5) is 40.5. The summed E-state index contributed by atoms with van der Waals surface area (Å²) in [5.74, 6) is -1.31. The predicted octanol–water partition coefficient (Wildman–Crippen LogP) is 2.59. The third kappa shape index (κ3) is 5.76. The van der Waals surface area contributed by atoms with Crippen LogP contribution in [0.25, 0.3) is 0 Å². The van der Waals surface area contributed by atoms with Crippen molar-refractivity contribution in [2.45, 2.75) is 25.5 Å². The van der Waals surface area contributed by atoms with E-state index < -0.39 is 18.4 Å². The van der Waals surface area contributed by atoms with E-state index in [-0.39, 0.29) is 30.8 Å². The molecule has 1 aliphatic carbocycles.